The molecule has 8 nitrogen and oxygen atoms in total. The molecule has 0 radical (unpaired) electrons. The van der Waals surface area contributed by atoms with Gasteiger partial charge in [0.2, 0.25) is 0 Å². The van der Waals surface area contributed by atoms with Gasteiger partial charge >= 0.3 is 5.97 Å². The van der Waals surface area contributed by atoms with E-state index in [0.717, 1.165) is 5.57 Å². The Morgan fingerprint density at radius 3 is 2.79 bits per heavy atom. The molecule has 140 valence electrons. The molecule has 0 spiro atoms. The molecule has 0 fully saturated rings. The van der Waals surface area contributed by atoms with Gasteiger partial charge < -0.3 is 5.11 Å². The van der Waals surface area contributed by atoms with Crippen molar-refractivity contribution in [1.29, 1.82) is 0 Å². The second-order valence-electron chi connectivity index (χ2n) is 6.32. The Bertz CT molecular complexity index is 1260. The molecule has 1 aliphatic rings. The SMILES string of the molecule is O=C(O)c1ccc2c(=O)n3c(nc2c1)/C(=C/c1ccc(Cl)c([N+](=O)[O-])c1)CC3. The number of aromatic carboxylic acids is 1. The van der Waals surface area contributed by atoms with E-state index in [9.17, 15) is 19.7 Å². The van der Waals surface area contributed by atoms with Gasteiger partial charge in [-0.15, -0.1) is 0 Å². The largest absolute Gasteiger partial charge is 0.478 e. The minimum atomic E-state index is -1.10. The third kappa shape index (κ3) is 2.93. The van der Waals surface area contributed by atoms with Crippen molar-refractivity contribution in [2.75, 3.05) is 0 Å². The van der Waals surface area contributed by atoms with Crippen molar-refractivity contribution in [3.8, 4) is 0 Å². The number of allylic oxidation sites excluding steroid dienone is 1. The first-order valence-electron chi connectivity index (χ1n) is 8.28. The van der Waals surface area contributed by atoms with Crippen LogP contribution in [0.3, 0.4) is 0 Å². The van der Waals surface area contributed by atoms with Crippen LogP contribution in [-0.4, -0.2) is 25.6 Å². The van der Waals surface area contributed by atoms with Gasteiger partial charge in [-0.2, -0.15) is 0 Å². The van der Waals surface area contributed by atoms with Crippen LogP contribution in [0.15, 0.2) is 41.2 Å². The number of carboxylic acids is 1. The maximum Gasteiger partial charge on any atom is 0.335 e. The van der Waals surface area contributed by atoms with Crippen LogP contribution in [-0.2, 0) is 6.54 Å². The Morgan fingerprint density at radius 1 is 1.29 bits per heavy atom. The number of hydrogen-bond acceptors (Lipinski definition) is 5. The molecule has 0 aliphatic carbocycles. The molecule has 1 N–H and O–H groups in total. The van der Waals surface area contributed by atoms with E-state index >= 15 is 0 Å². The van der Waals surface area contributed by atoms with Crippen molar-refractivity contribution in [2.45, 2.75) is 13.0 Å². The summed E-state index contributed by atoms with van der Waals surface area (Å²) in [6.45, 7) is 0.430. The average Bonchev–Trinajstić information content (AvgIpc) is 3.05. The number of carbonyl (C=O) groups is 1. The number of halogens is 1. The standard InChI is InChI=1S/C19H12ClN3O5/c20-14-4-1-10(8-16(14)23(27)28)7-11-5-6-22-17(11)21-15-9-12(19(25)26)2-3-13(15)18(22)24/h1-4,7-9H,5-6H2,(H,25,26)/b11-7+. The van der Waals surface area contributed by atoms with E-state index in [4.69, 9.17) is 16.7 Å². The summed E-state index contributed by atoms with van der Waals surface area (Å²) in [6, 6.07) is 8.65. The fourth-order valence-corrected chi connectivity index (χ4v) is 3.43. The summed E-state index contributed by atoms with van der Waals surface area (Å²) in [7, 11) is 0. The van der Waals surface area contributed by atoms with Crippen LogP contribution in [0, 0.1) is 10.1 Å². The molecule has 3 aromatic rings. The molecule has 1 aliphatic heterocycles. The molecule has 2 aromatic carbocycles. The van der Waals surface area contributed by atoms with Gasteiger partial charge in [0.25, 0.3) is 11.2 Å². The van der Waals surface area contributed by atoms with Gasteiger partial charge in [0.1, 0.15) is 10.8 Å². The maximum atomic E-state index is 12.7. The van der Waals surface area contributed by atoms with Crippen LogP contribution in [0.1, 0.15) is 28.2 Å². The van der Waals surface area contributed by atoms with Gasteiger partial charge in [0.05, 0.1) is 21.4 Å². The highest BCUT2D eigenvalue weighted by Gasteiger charge is 2.22. The van der Waals surface area contributed by atoms with Gasteiger partial charge in [-0.25, -0.2) is 9.78 Å². The molecule has 0 unspecified atom stereocenters. The van der Waals surface area contributed by atoms with Crippen LogP contribution in [0.4, 0.5) is 5.69 Å². The van der Waals surface area contributed by atoms with E-state index in [1.807, 2.05) is 0 Å². The third-order valence-corrected chi connectivity index (χ3v) is 4.92. The lowest BCUT2D eigenvalue weighted by molar-refractivity contribution is -0.384. The number of nitro groups is 1. The first-order valence-corrected chi connectivity index (χ1v) is 8.66. The molecule has 0 bridgehead atoms. The number of aromatic nitrogens is 2. The number of benzene rings is 2. The molecule has 1 aromatic heterocycles. The Balaban J connectivity index is 1.86. The Labute approximate surface area is 162 Å². The van der Waals surface area contributed by atoms with Gasteiger partial charge in [0, 0.05) is 12.6 Å². The van der Waals surface area contributed by atoms with E-state index in [1.54, 1.807) is 12.1 Å². The van der Waals surface area contributed by atoms with Crippen molar-refractivity contribution in [1.82, 2.24) is 9.55 Å². The van der Waals surface area contributed by atoms with Crippen LogP contribution < -0.4 is 5.56 Å². The van der Waals surface area contributed by atoms with E-state index < -0.39 is 10.9 Å². The monoisotopic (exact) mass is 397 g/mol. The quantitative estimate of drug-likeness (QED) is 0.533. The number of carboxylic acid groups (broad SMARTS) is 1. The molecule has 9 heteroatoms. The van der Waals surface area contributed by atoms with Crippen molar-refractivity contribution in [3.63, 3.8) is 0 Å². The summed E-state index contributed by atoms with van der Waals surface area (Å²) in [5, 5.41) is 20.6. The van der Waals surface area contributed by atoms with Crippen molar-refractivity contribution >= 4 is 45.8 Å². The summed E-state index contributed by atoms with van der Waals surface area (Å²) in [5.74, 6) is -0.675. The lowest BCUT2D eigenvalue weighted by Gasteiger charge is -2.06. The van der Waals surface area contributed by atoms with E-state index in [2.05, 4.69) is 4.98 Å². The molecule has 0 saturated heterocycles. The highest BCUT2D eigenvalue weighted by atomic mass is 35.5. The Hall–Kier alpha value is -3.52. The zero-order chi connectivity index (χ0) is 20.0. The first kappa shape index (κ1) is 17.9. The predicted octanol–water partition coefficient (Wildman–Crippen LogP) is 3.60. The molecule has 28 heavy (non-hydrogen) atoms. The number of nitrogens with zero attached hydrogens (tertiary/aromatic N) is 3. The summed E-state index contributed by atoms with van der Waals surface area (Å²) in [5.41, 5.74) is 1.18. The van der Waals surface area contributed by atoms with Crippen LogP contribution >= 0.6 is 11.6 Å². The normalized spacial score (nSPS) is 14.4. The average molecular weight is 398 g/mol. The number of hydrogen-bond donors (Lipinski definition) is 1. The Morgan fingerprint density at radius 2 is 2.07 bits per heavy atom. The smallest absolute Gasteiger partial charge is 0.335 e. The summed E-state index contributed by atoms with van der Waals surface area (Å²) < 4.78 is 1.53. The molecule has 0 atom stereocenters. The second kappa shape index (κ2) is 6.58. The lowest BCUT2D eigenvalue weighted by Crippen LogP contribution is -2.21. The highest BCUT2D eigenvalue weighted by Crippen LogP contribution is 2.30. The van der Waals surface area contributed by atoms with Crippen molar-refractivity contribution < 1.29 is 14.8 Å². The van der Waals surface area contributed by atoms with Crippen molar-refractivity contribution in [2.24, 2.45) is 0 Å². The van der Waals surface area contributed by atoms with E-state index in [1.165, 1.54) is 34.9 Å². The number of rotatable bonds is 3. The maximum absolute atomic E-state index is 12.7. The van der Waals surface area contributed by atoms with Crippen LogP contribution in [0.2, 0.25) is 5.02 Å². The first-order chi connectivity index (χ1) is 13.3. The van der Waals surface area contributed by atoms with Crippen LogP contribution in [0.5, 0.6) is 0 Å². The molecule has 0 amide bonds. The topological polar surface area (TPSA) is 115 Å². The highest BCUT2D eigenvalue weighted by molar-refractivity contribution is 6.32. The molecular formula is C19H12ClN3O5. The van der Waals surface area contributed by atoms with Gasteiger partial charge in [0.15, 0.2) is 0 Å². The Kier molecular flexibility index (Phi) is 4.20. The summed E-state index contributed by atoms with van der Waals surface area (Å²) in [4.78, 5) is 38.9. The second-order valence-corrected chi connectivity index (χ2v) is 6.72. The molecule has 4 rings (SSSR count). The fourth-order valence-electron chi connectivity index (χ4n) is 3.25. The minimum absolute atomic E-state index is 0.0421. The van der Waals surface area contributed by atoms with Gasteiger partial charge in [-0.3, -0.25) is 19.5 Å². The van der Waals surface area contributed by atoms with E-state index in [0.29, 0.717) is 35.3 Å². The zero-order valence-electron chi connectivity index (χ0n) is 14.3. The summed E-state index contributed by atoms with van der Waals surface area (Å²) in [6.07, 6.45) is 2.25. The molecular weight excluding hydrogens is 386 g/mol. The lowest BCUT2D eigenvalue weighted by atomic mass is 10.1. The molecule has 0 saturated carbocycles. The predicted molar refractivity (Wildman–Crippen MR) is 104 cm³/mol. The van der Waals surface area contributed by atoms with Crippen molar-refractivity contribution in [3.05, 3.63) is 78.8 Å². The van der Waals surface area contributed by atoms with Gasteiger partial charge in [-0.1, -0.05) is 17.7 Å². The zero-order valence-corrected chi connectivity index (χ0v) is 15.0. The summed E-state index contributed by atoms with van der Waals surface area (Å²) >= 11 is 5.85. The number of nitro benzene ring substituents is 1. The third-order valence-electron chi connectivity index (χ3n) is 4.60. The molecule has 2 heterocycles. The number of fused-ring (bicyclic) bond motifs is 2. The van der Waals surface area contributed by atoms with Gasteiger partial charge in [-0.05, 0) is 47.9 Å². The van der Waals surface area contributed by atoms with Crippen LogP contribution in [0.25, 0.3) is 22.6 Å². The van der Waals surface area contributed by atoms with E-state index in [-0.39, 0.29) is 21.8 Å². The fraction of sp³-hybridized carbons (Fsp3) is 0.105. The minimum Gasteiger partial charge on any atom is -0.478 e.